The molecule has 0 aromatic heterocycles. The molecule has 2 rings (SSSR count). The zero-order chi connectivity index (χ0) is 14.7. The van der Waals surface area contributed by atoms with Gasteiger partial charge in [-0.15, -0.1) is 0 Å². The van der Waals surface area contributed by atoms with Crippen LogP contribution in [0, 0.1) is 0 Å². The average Bonchev–Trinajstić information content (AvgIpc) is 2.44. The van der Waals surface area contributed by atoms with Gasteiger partial charge in [0, 0.05) is 4.47 Å². The molecule has 0 saturated heterocycles. The molecule has 0 aliphatic rings. The molecule has 0 spiro atoms. The fourth-order valence-corrected chi connectivity index (χ4v) is 2.23. The number of para-hydroxylation sites is 1. The molecule has 0 amide bonds. The van der Waals surface area contributed by atoms with Gasteiger partial charge in [0.05, 0.1) is 34.8 Å². The molecular formula is C14H12BrClN2O2. The van der Waals surface area contributed by atoms with Gasteiger partial charge in [-0.05, 0) is 30.3 Å². The second-order valence-electron chi connectivity index (χ2n) is 4.01. The largest absolute Gasteiger partial charge is 0.465 e. The van der Waals surface area contributed by atoms with E-state index >= 15 is 0 Å². The minimum absolute atomic E-state index is 0.309. The van der Waals surface area contributed by atoms with Crippen molar-refractivity contribution in [2.45, 2.75) is 0 Å². The van der Waals surface area contributed by atoms with Crippen molar-refractivity contribution < 1.29 is 9.53 Å². The lowest BCUT2D eigenvalue weighted by atomic mass is 10.1. The van der Waals surface area contributed by atoms with Crippen molar-refractivity contribution in [3.8, 4) is 0 Å². The number of hydrogen-bond acceptors (Lipinski definition) is 4. The van der Waals surface area contributed by atoms with Crippen LogP contribution < -0.4 is 11.1 Å². The van der Waals surface area contributed by atoms with E-state index in [1.165, 1.54) is 7.11 Å². The number of halogens is 2. The monoisotopic (exact) mass is 354 g/mol. The number of esters is 1. The topological polar surface area (TPSA) is 64.3 Å². The zero-order valence-corrected chi connectivity index (χ0v) is 13.0. The Morgan fingerprint density at radius 1 is 1.30 bits per heavy atom. The molecule has 0 atom stereocenters. The van der Waals surface area contributed by atoms with Gasteiger partial charge in [-0.25, -0.2) is 4.79 Å². The quantitative estimate of drug-likeness (QED) is 0.639. The molecule has 4 nitrogen and oxygen atoms in total. The number of hydrogen-bond donors (Lipinski definition) is 2. The highest BCUT2D eigenvalue weighted by Crippen LogP contribution is 2.32. The average molecular weight is 356 g/mol. The maximum absolute atomic E-state index is 11.6. The summed E-state index contributed by atoms with van der Waals surface area (Å²) in [4.78, 5) is 11.6. The number of nitrogens with one attached hydrogen (secondary N) is 1. The number of rotatable bonds is 3. The Labute approximate surface area is 130 Å². The summed E-state index contributed by atoms with van der Waals surface area (Å²) in [5, 5.41) is 3.66. The number of nitrogen functional groups attached to an aromatic ring is 1. The molecule has 6 heteroatoms. The summed E-state index contributed by atoms with van der Waals surface area (Å²) in [6.45, 7) is 0. The number of ether oxygens (including phenoxy) is 1. The first kappa shape index (κ1) is 14.7. The van der Waals surface area contributed by atoms with Crippen LogP contribution in [0.5, 0.6) is 0 Å². The van der Waals surface area contributed by atoms with Gasteiger partial charge >= 0.3 is 5.97 Å². The predicted molar refractivity (Wildman–Crippen MR) is 84.6 cm³/mol. The molecule has 0 fully saturated rings. The van der Waals surface area contributed by atoms with Crippen LogP contribution in [0.25, 0.3) is 0 Å². The second-order valence-corrected chi connectivity index (χ2v) is 5.33. The number of carbonyl (C=O) groups is 1. The van der Waals surface area contributed by atoms with Crippen molar-refractivity contribution in [2.24, 2.45) is 0 Å². The molecule has 0 bridgehead atoms. The Hall–Kier alpha value is -1.72. The van der Waals surface area contributed by atoms with Gasteiger partial charge in [-0.2, -0.15) is 0 Å². The van der Waals surface area contributed by atoms with Crippen LogP contribution in [-0.2, 0) is 4.74 Å². The number of anilines is 3. The summed E-state index contributed by atoms with van der Waals surface area (Å²) in [6, 6.07) is 10.5. The van der Waals surface area contributed by atoms with Crippen molar-refractivity contribution in [1.82, 2.24) is 0 Å². The van der Waals surface area contributed by atoms with Crippen LogP contribution >= 0.6 is 27.5 Å². The first-order chi connectivity index (χ1) is 9.52. The van der Waals surface area contributed by atoms with Crippen molar-refractivity contribution in [2.75, 3.05) is 18.2 Å². The minimum Gasteiger partial charge on any atom is -0.465 e. The standard InChI is InChI=1S/C14H12BrClN2O2/c1-20-14(19)9-3-2-4-11(13(9)17)18-12-7-8(15)5-6-10(12)16/h2-7,18H,17H2,1H3. The minimum atomic E-state index is -0.480. The number of benzene rings is 2. The SMILES string of the molecule is COC(=O)c1cccc(Nc2cc(Br)ccc2Cl)c1N. The van der Waals surface area contributed by atoms with E-state index in [4.69, 9.17) is 17.3 Å². The van der Waals surface area contributed by atoms with Crippen molar-refractivity contribution in [3.05, 3.63) is 51.5 Å². The fourth-order valence-electron chi connectivity index (χ4n) is 1.70. The third kappa shape index (κ3) is 3.05. The molecule has 104 valence electrons. The third-order valence-electron chi connectivity index (χ3n) is 2.71. The molecule has 0 aliphatic carbocycles. The lowest BCUT2D eigenvalue weighted by molar-refractivity contribution is 0.0602. The predicted octanol–water partition coefficient (Wildman–Crippen LogP) is 4.21. The Balaban J connectivity index is 2.39. The molecule has 20 heavy (non-hydrogen) atoms. The van der Waals surface area contributed by atoms with Crippen LogP contribution in [0.4, 0.5) is 17.1 Å². The van der Waals surface area contributed by atoms with Gasteiger partial charge in [-0.1, -0.05) is 33.6 Å². The normalized spacial score (nSPS) is 10.2. The highest BCUT2D eigenvalue weighted by molar-refractivity contribution is 9.10. The third-order valence-corrected chi connectivity index (χ3v) is 3.53. The number of methoxy groups -OCH3 is 1. The van der Waals surface area contributed by atoms with Gasteiger partial charge in [0.2, 0.25) is 0 Å². The summed E-state index contributed by atoms with van der Waals surface area (Å²) in [5.41, 5.74) is 7.88. The van der Waals surface area contributed by atoms with E-state index in [1.807, 2.05) is 12.1 Å². The molecule has 0 unspecified atom stereocenters. The Kier molecular flexibility index (Phi) is 4.52. The highest BCUT2D eigenvalue weighted by Gasteiger charge is 2.13. The zero-order valence-electron chi connectivity index (χ0n) is 10.6. The first-order valence-corrected chi connectivity index (χ1v) is 6.89. The van der Waals surface area contributed by atoms with Gasteiger partial charge in [0.25, 0.3) is 0 Å². The highest BCUT2D eigenvalue weighted by atomic mass is 79.9. The smallest absolute Gasteiger partial charge is 0.340 e. The Bertz CT molecular complexity index is 662. The molecule has 0 aliphatic heterocycles. The van der Waals surface area contributed by atoms with Gasteiger partial charge in [0.1, 0.15) is 0 Å². The number of nitrogens with two attached hydrogens (primary N) is 1. The first-order valence-electron chi connectivity index (χ1n) is 5.72. The van der Waals surface area contributed by atoms with Crippen LogP contribution in [-0.4, -0.2) is 13.1 Å². The van der Waals surface area contributed by atoms with E-state index in [1.54, 1.807) is 24.3 Å². The summed E-state index contributed by atoms with van der Waals surface area (Å²) >= 11 is 9.49. The van der Waals surface area contributed by atoms with Crippen LogP contribution in [0.3, 0.4) is 0 Å². The summed E-state index contributed by atoms with van der Waals surface area (Å²) < 4.78 is 5.57. The maximum Gasteiger partial charge on any atom is 0.340 e. The van der Waals surface area contributed by atoms with E-state index in [0.29, 0.717) is 27.6 Å². The Morgan fingerprint density at radius 2 is 2.05 bits per heavy atom. The van der Waals surface area contributed by atoms with Crippen LogP contribution in [0.2, 0.25) is 5.02 Å². The molecule has 2 aromatic rings. The molecular weight excluding hydrogens is 344 g/mol. The van der Waals surface area contributed by atoms with Crippen molar-refractivity contribution >= 4 is 50.6 Å². The molecule has 2 aromatic carbocycles. The van der Waals surface area contributed by atoms with E-state index in [0.717, 1.165) is 4.47 Å². The van der Waals surface area contributed by atoms with E-state index in [9.17, 15) is 4.79 Å². The second kappa shape index (κ2) is 6.15. The summed E-state index contributed by atoms with van der Waals surface area (Å²) in [5.74, 6) is -0.480. The van der Waals surface area contributed by atoms with Gasteiger partial charge in [-0.3, -0.25) is 0 Å². The van der Waals surface area contributed by atoms with Crippen LogP contribution in [0.1, 0.15) is 10.4 Å². The van der Waals surface area contributed by atoms with E-state index < -0.39 is 5.97 Å². The van der Waals surface area contributed by atoms with Crippen LogP contribution in [0.15, 0.2) is 40.9 Å². The summed E-state index contributed by atoms with van der Waals surface area (Å²) in [6.07, 6.45) is 0. The Morgan fingerprint density at radius 3 is 2.75 bits per heavy atom. The number of carbonyl (C=O) groups excluding carboxylic acids is 1. The van der Waals surface area contributed by atoms with Gasteiger partial charge < -0.3 is 15.8 Å². The maximum atomic E-state index is 11.6. The lowest BCUT2D eigenvalue weighted by Crippen LogP contribution is -2.07. The van der Waals surface area contributed by atoms with Crippen molar-refractivity contribution in [3.63, 3.8) is 0 Å². The molecule has 0 radical (unpaired) electrons. The van der Waals surface area contributed by atoms with E-state index in [2.05, 4.69) is 26.0 Å². The molecule has 0 heterocycles. The van der Waals surface area contributed by atoms with Crippen molar-refractivity contribution in [1.29, 1.82) is 0 Å². The van der Waals surface area contributed by atoms with Gasteiger partial charge in [0.15, 0.2) is 0 Å². The molecule has 0 saturated carbocycles. The van der Waals surface area contributed by atoms with E-state index in [-0.39, 0.29) is 0 Å². The molecule has 3 N–H and O–H groups in total. The lowest BCUT2D eigenvalue weighted by Gasteiger charge is -2.13. The fraction of sp³-hybridized carbons (Fsp3) is 0.0714. The summed E-state index contributed by atoms with van der Waals surface area (Å²) in [7, 11) is 1.31.